The highest BCUT2D eigenvalue weighted by molar-refractivity contribution is 6.00. The highest BCUT2D eigenvalue weighted by atomic mass is 16.5. The van der Waals surface area contributed by atoms with E-state index in [2.05, 4.69) is 10.3 Å². The lowest BCUT2D eigenvalue weighted by Gasteiger charge is -2.09. The van der Waals surface area contributed by atoms with Gasteiger partial charge in [-0.3, -0.25) is 9.78 Å². The fourth-order valence-electron chi connectivity index (χ4n) is 2.44. The van der Waals surface area contributed by atoms with E-state index < -0.39 is 0 Å². The summed E-state index contributed by atoms with van der Waals surface area (Å²) < 4.78 is 5.59. The lowest BCUT2D eigenvalue weighted by molar-refractivity contribution is -0.116. The molecule has 122 valence electrons. The minimum Gasteiger partial charge on any atom is -0.491 e. The summed E-state index contributed by atoms with van der Waals surface area (Å²) in [4.78, 5) is 16.4. The molecule has 0 aliphatic heterocycles. The number of nitrogens with two attached hydrogens (primary N) is 1. The molecule has 3 aromatic rings. The van der Waals surface area contributed by atoms with Gasteiger partial charge in [0.05, 0.1) is 23.5 Å². The number of ether oxygens (including phenoxy) is 1. The summed E-state index contributed by atoms with van der Waals surface area (Å²) in [5, 5.41) is 3.91. The van der Waals surface area contributed by atoms with Crippen molar-refractivity contribution in [1.29, 1.82) is 0 Å². The Morgan fingerprint density at radius 1 is 1.08 bits per heavy atom. The molecule has 1 heterocycles. The quantitative estimate of drug-likeness (QED) is 0.537. The van der Waals surface area contributed by atoms with Crippen molar-refractivity contribution in [3.8, 4) is 5.75 Å². The van der Waals surface area contributed by atoms with Crippen molar-refractivity contribution >= 4 is 28.2 Å². The van der Waals surface area contributed by atoms with E-state index in [1.165, 1.54) is 0 Å². The molecule has 5 nitrogen and oxygen atoms in total. The highest BCUT2D eigenvalue weighted by Gasteiger charge is 2.07. The first-order valence-electron chi connectivity index (χ1n) is 7.85. The zero-order valence-corrected chi connectivity index (χ0v) is 13.2. The number of anilines is 2. The Kier molecular flexibility index (Phi) is 4.91. The molecule has 0 saturated heterocycles. The average Bonchev–Trinajstić information content (AvgIpc) is 2.60. The zero-order chi connectivity index (χ0) is 16.8. The van der Waals surface area contributed by atoms with Gasteiger partial charge < -0.3 is 15.8 Å². The number of nitrogens with zero attached hydrogens (tertiary/aromatic N) is 1. The van der Waals surface area contributed by atoms with Crippen LogP contribution in [0.2, 0.25) is 0 Å². The number of fused-ring (bicyclic) bond motifs is 1. The molecule has 0 spiro atoms. The zero-order valence-electron chi connectivity index (χ0n) is 13.2. The van der Waals surface area contributed by atoms with Gasteiger partial charge in [0.25, 0.3) is 0 Å². The molecule has 1 amide bonds. The largest absolute Gasteiger partial charge is 0.491 e. The Morgan fingerprint density at radius 2 is 1.92 bits per heavy atom. The van der Waals surface area contributed by atoms with Gasteiger partial charge in [0.2, 0.25) is 5.91 Å². The summed E-state index contributed by atoms with van der Waals surface area (Å²) in [6, 6.07) is 16.9. The average molecular weight is 321 g/mol. The second-order valence-corrected chi connectivity index (χ2v) is 5.42. The van der Waals surface area contributed by atoms with Gasteiger partial charge in [-0.2, -0.15) is 0 Å². The van der Waals surface area contributed by atoms with Crippen LogP contribution in [0.3, 0.4) is 0 Å². The fraction of sp³-hybridized carbons (Fsp3) is 0.158. The number of hydrogen-bond donors (Lipinski definition) is 2. The number of carbonyl (C=O) groups is 1. The maximum Gasteiger partial charge on any atom is 0.224 e. The Bertz CT molecular complexity index is 843. The molecule has 3 rings (SSSR count). The van der Waals surface area contributed by atoms with Crippen LogP contribution < -0.4 is 15.8 Å². The Hall–Kier alpha value is -3.08. The molecule has 0 bridgehead atoms. The number of aromatic nitrogens is 1. The van der Waals surface area contributed by atoms with Crippen LogP contribution in [0.4, 0.5) is 11.4 Å². The van der Waals surface area contributed by atoms with E-state index in [9.17, 15) is 4.79 Å². The molecule has 0 fully saturated rings. The predicted molar refractivity (Wildman–Crippen MR) is 96.0 cm³/mol. The SMILES string of the molecule is Nc1ccccc1OCCCC(=O)Nc1cccc2cccnc12. The van der Waals surface area contributed by atoms with Crippen molar-refractivity contribution < 1.29 is 9.53 Å². The van der Waals surface area contributed by atoms with E-state index in [0.717, 1.165) is 16.6 Å². The van der Waals surface area contributed by atoms with Crippen molar-refractivity contribution in [2.45, 2.75) is 12.8 Å². The van der Waals surface area contributed by atoms with Crippen LogP contribution in [-0.4, -0.2) is 17.5 Å². The van der Waals surface area contributed by atoms with Gasteiger partial charge in [-0.05, 0) is 30.7 Å². The van der Waals surface area contributed by atoms with E-state index >= 15 is 0 Å². The van der Waals surface area contributed by atoms with Crippen molar-refractivity contribution in [1.82, 2.24) is 4.98 Å². The first-order valence-corrected chi connectivity index (χ1v) is 7.85. The van der Waals surface area contributed by atoms with Crippen molar-refractivity contribution in [3.63, 3.8) is 0 Å². The second kappa shape index (κ2) is 7.46. The van der Waals surface area contributed by atoms with Crippen LogP contribution in [0.1, 0.15) is 12.8 Å². The number of carbonyl (C=O) groups excluding carboxylic acids is 1. The monoisotopic (exact) mass is 321 g/mol. The summed E-state index contributed by atoms with van der Waals surface area (Å²) in [6.07, 6.45) is 2.70. The maximum atomic E-state index is 12.1. The van der Waals surface area contributed by atoms with Crippen LogP contribution in [-0.2, 0) is 4.79 Å². The molecule has 0 radical (unpaired) electrons. The molecule has 5 heteroatoms. The molecule has 0 atom stereocenters. The van der Waals surface area contributed by atoms with Gasteiger partial charge >= 0.3 is 0 Å². The lowest BCUT2D eigenvalue weighted by atomic mass is 10.2. The Labute approximate surface area is 140 Å². The molecular formula is C19H19N3O2. The summed E-state index contributed by atoms with van der Waals surface area (Å²) >= 11 is 0. The van der Waals surface area contributed by atoms with Crippen molar-refractivity contribution in [2.24, 2.45) is 0 Å². The number of pyridine rings is 1. The molecule has 3 N–H and O–H groups in total. The van der Waals surface area contributed by atoms with Crippen LogP contribution in [0.25, 0.3) is 10.9 Å². The van der Waals surface area contributed by atoms with E-state index in [-0.39, 0.29) is 5.91 Å². The van der Waals surface area contributed by atoms with Gasteiger partial charge in [-0.15, -0.1) is 0 Å². The van der Waals surface area contributed by atoms with Gasteiger partial charge in [-0.25, -0.2) is 0 Å². The van der Waals surface area contributed by atoms with Crippen LogP contribution in [0, 0.1) is 0 Å². The third-order valence-corrected chi connectivity index (χ3v) is 3.63. The fourth-order valence-corrected chi connectivity index (χ4v) is 2.44. The minimum absolute atomic E-state index is 0.0576. The summed E-state index contributed by atoms with van der Waals surface area (Å²) in [5.41, 5.74) is 7.93. The summed E-state index contributed by atoms with van der Waals surface area (Å²) in [7, 11) is 0. The highest BCUT2D eigenvalue weighted by Crippen LogP contribution is 2.21. The van der Waals surface area contributed by atoms with E-state index in [1.54, 1.807) is 12.3 Å². The molecule has 0 aliphatic rings. The summed E-state index contributed by atoms with van der Waals surface area (Å²) in [5.74, 6) is 0.592. The van der Waals surface area contributed by atoms with E-state index in [1.807, 2.05) is 48.5 Å². The van der Waals surface area contributed by atoms with Gasteiger partial charge in [0.15, 0.2) is 0 Å². The second-order valence-electron chi connectivity index (χ2n) is 5.42. The third kappa shape index (κ3) is 3.81. The van der Waals surface area contributed by atoms with E-state index in [4.69, 9.17) is 10.5 Å². The van der Waals surface area contributed by atoms with Crippen LogP contribution in [0.5, 0.6) is 5.75 Å². The topological polar surface area (TPSA) is 77.2 Å². The number of para-hydroxylation sites is 3. The van der Waals surface area contributed by atoms with Gasteiger partial charge in [-0.1, -0.05) is 30.3 Å². The number of benzene rings is 2. The molecular weight excluding hydrogens is 302 g/mol. The third-order valence-electron chi connectivity index (χ3n) is 3.63. The first-order chi connectivity index (χ1) is 11.7. The maximum absolute atomic E-state index is 12.1. The summed E-state index contributed by atoms with van der Waals surface area (Å²) in [6.45, 7) is 0.440. The molecule has 1 aromatic heterocycles. The minimum atomic E-state index is -0.0576. The van der Waals surface area contributed by atoms with Gasteiger partial charge in [0.1, 0.15) is 5.75 Å². The number of amides is 1. The first kappa shape index (κ1) is 15.8. The van der Waals surface area contributed by atoms with Crippen molar-refractivity contribution in [2.75, 3.05) is 17.7 Å². The number of nitrogen functional groups attached to an aromatic ring is 1. The normalized spacial score (nSPS) is 10.5. The predicted octanol–water partition coefficient (Wildman–Crippen LogP) is 3.61. The Balaban J connectivity index is 1.51. The van der Waals surface area contributed by atoms with E-state index in [0.29, 0.717) is 30.9 Å². The van der Waals surface area contributed by atoms with Gasteiger partial charge in [0, 0.05) is 18.0 Å². The van der Waals surface area contributed by atoms with Crippen molar-refractivity contribution in [3.05, 3.63) is 60.8 Å². The molecule has 0 unspecified atom stereocenters. The number of rotatable bonds is 6. The Morgan fingerprint density at radius 3 is 2.79 bits per heavy atom. The number of hydrogen-bond acceptors (Lipinski definition) is 4. The smallest absolute Gasteiger partial charge is 0.224 e. The van der Waals surface area contributed by atoms with Crippen LogP contribution in [0.15, 0.2) is 60.8 Å². The standard InChI is InChI=1S/C19H19N3O2/c20-15-8-1-2-10-17(15)24-13-5-11-18(23)22-16-9-3-6-14-7-4-12-21-19(14)16/h1-4,6-10,12H,5,11,13,20H2,(H,22,23). The molecule has 24 heavy (non-hydrogen) atoms. The molecule has 2 aromatic carbocycles. The molecule has 0 saturated carbocycles. The molecule has 0 aliphatic carbocycles. The van der Waals surface area contributed by atoms with Crippen LogP contribution >= 0.6 is 0 Å². The lowest BCUT2D eigenvalue weighted by Crippen LogP contribution is -2.13. The number of nitrogens with one attached hydrogen (secondary N) is 1.